The van der Waals surface area contributed by atoms with E-state index in [1.165, 1.54) is 36.0 Å². The van der Waals surface area contributed by atoms with Gasteiger partial charge in [0.2, 0.25) is 0 Å². The summed E-state index contributed by atoms with van der Waals surface area (Å²) in [5.41, 5.74) is 4.25. The van der Waals surface area contributed by atoms with Crippen LogP contribution in [0, 0.1) is 19.8 Å². The molecular formula is C14H21N. The lowest BCUT2D eigenvalue weighted by Crippen LogP contribution is -2.29. The third kappa shape index (κ3) is 2.82. The molecule has 1 unspecified atom stereocenters. The predicted octanol–water partition coefficient (Wildman–Crippen LogP) is 2.84. The number of aryl methyl sites for hydroxylation is 2. The van der Waals surface area contributed by atoms with Crippen molar-refractivity contribution in [2.45, 2.75) is 39.2 Å². The molecule has 0 radical (unpaired) electrons. The molecule has 1 aromatic carbocycles. The second kappa shape index (κ2) is 4.36. The molecule has 0 bridgehead atoms. The second-order valence-electron chi connectivity index (χ2n) is 4.93. The monoisotopic (exact) mass is 203 g/mol. The van der Waals surface area contributed by atoms with Crippen molar-refractivity contribution < 1.29 is 0 Å². The van der Waals surface area contributed by atoms with E-state index in [1.807, 2.05) is 0 Å². The van der Waals surface area contributed by atoms with E-state index in [0.717, 1.165) is 5.92 Å². The van der Waals surface area contributed by atoms with Crippen molar-refractivity contribution in [2.75, 3.05) is 7.05 Å². The molecule has 1 N–H and O–H groups in total. The van der Waals surface area contributed by atoms with E-state index in [4.69, 9.17) is 0 Å². The Kier molecular flexibility index (Phi) is 3.11. The average molecular weight is 203 g/mol. The van der Waals surface area contributed by atoms with Crippen LogP contribution in [-0.4, -0.2) is 13.1 Å². The number of hydrogen-bond acceptors (Lipinski definition) is 1. The van der Waals surface area contributed by atoms with E-state index in [-0.39, 0.29) is 0 Å². The largest absolute Gasteiger partial charge is 0.316 e. The highest BCUT2D eigenvalue weighted by Crippen LogP contribution is 2.34. The van der Waals surface area contributed by atoms with Crippen molar-refractivity contribution in [1.82, 2.24) is 5.32 Å². The molecule has 0 saturated heterocycles. The molecule has 2 rings (SSSR count). The molecule has 1 nitrogen and oxygen atoms in total. The van der Waals surface area contributed by atoms with E-state index in [2.05, 4.69) is 44.4 Å². The van der Waals surface area contributed by atoms with E-state index >= 15 is 0 Å². The fraction of sp³-hybridized carbons (Fsp3) is 0.571. The molecule has 1 aromatic rings. The van der Waals surface area contributed by atoms with Gasteiger partial charge in [0.25, 0.3) is 0 Å². The van der Waals surface area contributed by atoms with Crippen molar-refractivity contribution in [3.63, 3.8) is 0 Å². The first-order chi connectivity index (χ1) is 7.19. The highest BCUT2D eigenvalue weighted by atomic mass is 14.9. The summed E-state index contributed by atoms with van der Waals surface area (Å²) in [5, 5.41) is 3.45. The number of rotatable bonds is 4. The molecule has 0 heterocycles. The zero-order valence-electron chi connectivity index (χ0n) is 10.0. The van der Waals surface area contributed by atoms with Gasteiger partial charge in [-0.05, 0) is 51.6 Å². The Morgan fingerprint density at radius 3 is 2.27 bits per heavy atom. The molecule has 0 spiro atoms. The molecule has 15 heavy (non-hydrogen) atoms. The molecule has 0 aromatic heterocycles. The van der Waals surface area contributed by atoms with Crippen molar-refractivity contribution in [3.8, 4) is 0 Å². The lowest BCUT2D eigenvalue weighted by atomic mass is 9.99. The van der Waals surface area contributed by atoms with E-state index in [0.29, 0.717) is 6.04 Å². The van der Waals surface area contributed by atoms with Crippen molar-refractivity contribution in [1.29, 1.82) is 0 Å². The molecule has 0 amide bonds. The highest BCUT2D eigenvalue weighted by Gasteiger charge is 2.29. The first-order valence-electron chi connectivity index (χ1n) is 5.93. The summed E-state index contributed by atoms with van der Waals surface area (Å²) in [6.07, 6.45) is 4.01. The number of benzene rings is 1. The third-order valence-electron chi connectivity index (χ3n) is 3.30. The Labute approximate surface area is 92.9 Å². The molecule has 1 fully saturated rings. The van der Waals surface area contributed by atoms with Gasteiger partial charge in [0.05, 0.1) is 0 Å². The molecule has 1 atom stereocenters. The normalized spacial score (nSPS) is 17.8. The van der Waals surface area contributed by atoms with Crippen molar-refractivity contribution >= 4 is 0 Å². The van der Waals surface area contributed by atoms with Crippen LogP contribution in [0.2, 0.25) is 0 Å². The zero-order chi connectivity index (χ0) is 10.8. The van der Waals surface area contributed by atoms with Crippen LogP contribution >= 0.6 is 0 Å². The smallest absolute Gasteiger partial charge is 0.0133 e. The minimum atomic E-state index is 0.686. The molecular weight excluding hydrogens is 182 g/mol. The number of nitrogens with one attached hydrogen (secondary N) is 1. The van der Waals surface area contributed by atoms with Crippen LogP contribution in [0.25, 0.3) is 0 Å². The minimum Gasteiger partial charge on any atom is -0.316 e. The Balaban J connectivity index is 2.08. The fourth-order valence-electron chi connectivity index (χ4n) is 2.44. The Morgan fingerprint density at radius 1 is 1.20 bits per heavy atom. The van der Waals surface area contributed by atoms with Gasteiger partial charge in [0, 0.05) is 6.04 Å². The van der Waals surface area contributed by atoms with E-state index in [9.17, 15) is 0 Å². The third-order valence-corrected chi connectivity index (χ3v) is 3.30. The average Bonchev–Trinajstić information content (AvgIpc) is 2.95. The summed E-state index contributed by atoms with van der Waals surface area (Å²) >= 11 is 0. The maximum atomic E-state index is 3.45. The highest BCUT2D eigenvalue weighted by molar-refractivity contribution is 5.29. The maximum Gasteiger partial charge on any atom is 0.0133 e. The van der Waals surface area contributed by atoms with E-state index in [1.54, 1.807) is 0 Å². The predicted molar refractivity (Wildman–Crippen MR) is 65.2 cm³/mol. The van der Waals surface area contributed by atoms with Gasteiger partial charge in [0.15, 0.2) is 0 Å². The van der Waals surface area contributed by atoms with Crippen LogP contribution in [0.15, 0.2) is 18.2 Å². The molecule has 1 saturated carbocycles. The maximum absolute atomic E-state index is 3.45. The summed E-state index contributed by atoms with van der Waals surface area (Å²) < 4.78 is 0. The van der Waals surface area contributed by atoms with Gasteiger partial charge in [-0.15, -0.1) is 0 Å². The minimum absolute atomic E-state index is 0.686. The quantitative estimate of drug-likeness (QED) is 0.793. The Bertz CT molecular complexity index is 319. The van der Waals surface area contributed by atoms with Crippen LogP contribution in [0.1, 0.15) is 29.5 Å². The fourth-order valence-corrected chi connectivity index (χ4v) is 2.44. The zero-order valence-corrected chi connectivity index (χ0v) is 10.0. The number of likely N-dealkylation sites (N-methyl/N-ethyl adjacent to an activating group) is 1. The summed E-state index contributed by atoms with van der Waals surface area (Å²) in [5.74, 6) is 0.927. The lowest BCUT2D eigenvalue weighted by molar-refractivity contribution is 0.500. The van der Waals surface area contributed by atoms with Gasteiger partial charge in [-0.2, -0.15) is 0 Å². The molecule has 1 heteroatoms. The summed E-state index contributed by atoms with van der Waals surface area (Å²) in [4.78, 5) is 0. The first-order valence-corrected chi connectivity index (χ1v) is 5.93. The van der Waals surface area contributed by atoms with Gasteiger partial charge in [-0.1, -0.05) is 29.3 Å². The molecule has 1 aliphatic rings. The summed E-state index contributed by atoms with van der Waals surface area (Å²) in [6, 6.07) is 7.57. The first kappa shape index (κ1) is 10.7. The van der Waals surface area contributed by atoms with Gasteiger partial charge in [-0.3, -0.25) is 0 Å². The number of hydrogen-bond donors (Lipinski definition) is 1. The van der Waals surface area contributed by atoms with Crippen LogP contribution in [-0.2, 0) is 6.42 Å². The van der Waals surface area contributed by atoms with Gasteiger partial charge in [0.1, 0.15) is 0 Å². The van der Waals surface area contributed by atoms with Crippen molar-refractivity contribution in [2.24, 2.45) is 5.92 Å². The van der Waals surface area contributed by atoms with Crippen molar-refractivity contribution in [3.05, 3.63) is 34.9 Å². The Morgan fingerprint density at radius 2 is 1.80 bits per heavy atom. The van der Waals surface area contributed by atoms with Crippen LogP contribution in [0.5, 0.6) is 0 Å². The van der Waals surface area contributed by atoms with E-state index < -0.39 is 0 Å². The SMILES string of the molecule is CNC(Cc1cc(C)cc(C)c1)C1CC1. The van der Waals surface area contributed by atoms with Gasteiger partial charge in [-0.25, -0.2) is 0 Å². The lowest BCUT2D eigenvalue weighted by Gasteiger charge is -2.16. The topological polar surface area (TPSA) is 12.0 Å². The standard InChI is InChI=1S/C14H21N/c1-10-6-11(2)8-12(7-10)9-14(15-3)13-4-5-13/h6-8,13-15H,4-5,9H2,1-3H3. The summed E-state index contributed by atoms with van der Waals surface area (Å²) in [7, 11) is 2.09. The van der Waals surface area contributed by atoms with Crippen LogP contribution < -0.4 is 5.32 Å². The molecule has 0 aliphatic heterocycles. The van der Waals surface area contributed by atoms with Crippen LogP contribution in [0.4, 0.5) is 0 Å². The molecule has 1 aliphatic carbocycles. The Hall–Kier alpha value is -0.820. The summed E-state index contributed by atoms with van der Waals surface area (Å²) in [6.45, 7) is 4.37. The molecule has 82 valence electrons. The van der Waals surface area contributed by atoms with Crippen LogP contribution in [0.3, 0.4) is 0 Å². The second-order valence-corrected chi connectivity index (χ2v) is 4.93. The van der Waals surface area contributed by atoms with Gasteiger partial charge >= 0.3 is 0 Å². The van der Waals surface area contributed by atoms with Gasteiger partial charge < -0.3 is 5.32 Å².